The number of rotatable bonds is 5. The highest BCUT2D eigenvalue weighted by Gasteiger charge is 2.22. The van der Waals surface area contributed by atoms with Crippen LogP contribution < -0.4 is 0 Å². The van der Waals surface area contributed by atoms with Crippen LogP contribution in [0.15, 0.2) is 58.6 Å². The fourth-order valence-corrected chi connectivity index (χ4v) is 3.06. The Kier molecular flexibility index (Phi) is 4.44. The number of nitro groups is 2. The molecule has 1 aromatic heterocycles. The van der Waals surface area contributed by atoms with E-state index < -0.39 is 9.85 Å². The van der Waals surface area contributed by atoms with Gasteiger partial charge in [0.25, 0.3) is 11.4 Å². The van der Waals surface area contributed by atoms with Crippen molar-refractivity contribution in [1.29, 1.82) is 0 Å². The van der Waals surface area contributed by atoms with E-state index in [-0.39, 0.29) is 16.3 Å². The topological polar surface area (TPSA) is 117 Å². The van der Waals surface area contributed by atoms with Gasteiger partial charge in [-0.15, -0.1) is 10.2 Å². The molecule has 0 bridgehead atoms. The van der Waals surface area contributed by atoms with Gasteiger partial charge in [0.05, 0.1) is 20.8 Å². The van der Waals surface area contributed by atoms with E-state index in [1.54, 1.807) is 11.6 Å². The van der Waals surface area contributed by atoms with Crippen LogP contribution in [0.4, 0.5) is 11.4 Å². The highest BCUT2D eigenvalue weighted by atomic mass is 32.2. The maximum absolute atomic E-state index is 11.2. The molecule has 3 rings (SSSR count). The van der Waals surface area contributed by atoms with E-state index in [1.807, 2.05) is 30.3 Å². The molecular weight excluding hydrogens is 346 g/mol. The van der Waals surface area contributed by atoms with Crippen LogP contribution in [0, 0.1) is 20.2 Å². The molecule has 10 heteroatoms. The van der Waals surface area contributed by atoms with E-state index in [0.717, 1.165) is 23.4 Å². The van der Waals surface area contributed by atoms with Crippen LogP contribution in [0.1, 0.15) is 0 Å². The minimum absolute atomic E-state index is 0.255. The molecule has 0 N–H and O–H groups in total. The van der Waals surface area contributed by atoms with Gasteiger partial charge in [-0.1, -0.05) is 30.3 Å². The highest BCUT2D eigenvalue weighted by Crippen LogP contribution is 2.36. The van der Waals surface area contributed by atoms with Crippen LogP contribution in [0.2, 0.25) is 0 Å². The van der Waals surface area contributed by atoms with Gasteiger partial charge in [-0.2, -0.15) is 0 Å². The summed E-state index contributed by atoms with van der Waals surface area (Å²) in [6, 6.07) is 12.9. The monoisotopic (exact) mass is 357 g/mol. The minimum atomic E-state index is -0.669. The molecule has 0 amide bonds. The first-order chi connectivity index (χ1) is 12.0. The molecule has 0 unspecified atom stereocenters. The third kappa shape index (κ3) is 3.33. The molecule has 25 heavy (non-hydrogen) atoms. The quantitative estimate of drug-likeness (QED) is 0.507. The first-order valence-electron chi connectivity index (χ1n) is 7.03. The third-order valence-corrected chi connectivity index (χ3v) is 4.52. The maximum Gasteiger partial charge on any atom is 0.290 e. The summed E-state index contributed by atoms with van der Waals surface area (Å²) < 4.78 is 1.71. The molecule has 0 spiro atoms. The van der Waals surface area contributed by atoms with Gasteiger partial charge < -0.3 is 4.57 Å². The standard InChI is InChI=1S/C15H11N5O4S/c1-18-14(10-5-3-2-4-6-10)16-17-15(18)25-13-8-7-11(19(21)22)9-12(13)20(23)24/h2-9H,1H3. The van der Waals surface area contributed by atoms with E-state index in [0.29, 0.717) is 11.0 Å². The Morgan fingerprint density at radius 2 is 1.72 bits per heavy atom. The Morgan fingerprint density at radius 3 is 2.36 bits per heavy atom. The normalized spacial score (nSPS) is 10.6. The first kappa shape index (κ1) is 16.6. The number of hydrogen-bond acceptors (Lipinski definition) is 7. The van der Waals surface area contributed by atoms with Crippen LogP contribution >= 0.6 is 11.8 Å². The van der Waals surface area contributed by atoms with Gasteiger partial charge in [-0.3, -0.25) is 20.2 Å². The fraction of sp³-hybridized carbons (Fsp3) is 0.0667. The lowest BCUT2D eigenvalue weighted by atomic mass is 10.2. The second kappa shape index (κ2) is 6.69. The molecular formula is C15H11N5O4S. The molecule has 3 aromatic rings. The molecule has 0 fully saturated rings. The van der Waals surface area contributed by atoms with Crippen molar-refractivity contribution in [2.75, 3.05) is 0 Å². The summed E-state index contributed by atoms with van der Waals surface area (Å²) in [5.74, 6) is 0.618. The zero-order valence-corrected chi connectivity index (χ0v) is 13.7. The molecule has 2 aromatic carbocycles. The molecule has 0 radical (unpaired) electrons. The SMILES string of the molecule is Cn1c(Sc2ccc([N+](=O)[O-])cc2[N+](=O)[O-])nnc1-c1ccccc1. The van der Waals surface area contributed by atoms with Gasteiger partial charge in [0.1, 0.15) is 0 Å². The molecule has 0 saturated carbocycles. The van der Waals surface area contributed by atoms with Gasteiger partial charge in [-0.25, -0.2) is 0 Å². The van der Waals surface area contributed by atoms with Crippen molar-refractivity contribution in [2.24, 2.45) is 7.05 Å². The van der Waals surface area contributed by atoms with Crippen LogP contribution in [-0.2, 0) is 7.05 Å². The van der Waals surface area contributed by atoms with Crippen LogP contribution in [0.5, 0.6) is 0 Å². The average molecular weight is 357 g/mol. The Bertz CT molecular complexity index is 958. The molecule has 1 heterocycles. The Hall–Kier alpha value is -3.27. The zero-order valence-electron chi connectivity index (χ0n) is 12.9. The number of aromatic nitrogens is 3. The van der Waals surface area contributed by atoms with E-state index in [4.69, 9.17) is 0 Å². The summed E-state index contributed by atoms with van der Waals surface area (Å²) in [7, 11) is 1.75. The number of nitrogens with zero attached hydrogens (tertiary/aromatic N) is 5. The van der Waals surface area contributed by atoms with E-state index in [9.17, 15) is 20.2 Å². The molecule has 0 atom stereocenters. The maximum atomic E-state index is 11.2. The van der Waals surface area contributed by atoms with Gasteiger partial charge >= 0.3 is 0 Å². The predicted molar refractivity (Wildman–Crippen MR) is 90.3 cm³/mol. The highest BCUT2D eigenvalue weighted by molar-refractivity contribution is 7.99. The number of non-ortho nitro benzene ring substituents is 1. The summed E-state index contributed by atoms with van der Waals surface area (Å²) in [6.07, 6.45) is 0. The van der Waals surface area contributed by atoms with Crippen molar-refractivity contribution in [3.63, 3.8) is 0 Å². The summed E-state index contributed by atoms with van der Waals surface area (Å²) in [5, 5.41) is 30.7. The van der Waals surface area contributed by atoms with E-state index in [2.05, 4.69) is 10.2 Å². The lowest BCUT2D eigenvalue weighted by Gasteiger charge is -2.04. The number of benzene rings is 2. The summed E-state index contributed by atoms with van der Waals surface area (Å²) in [5.41, 5.74) is 0.185. The summed E-state index contributed by atoms with van der Waals surface area (Å²) >= 11 is 1.03. The zero-order chi connectivity index (χ0) is 18.0. The van der Waals surface area contributed by atoms with Crippen molar-refractivity contribution >= 4 is 23.1 Å². The van der Waals surface area contributed by atoms with Gasteiger partial charge in [-0.05, 0) is 17.8 Å². The van der Waals surface area contributed by atoms with Crippen LogP contribution in [0.3, 0.4) is 0 Å². The lowest BCUT2D eigenvalue weighted by Crippen LogP contribution is -1.97. The smallest absolute Gasteiger partial charge is 0.290 e. The van der Waals surface area contributed by atoms with Gasteiger partial charge in [0.15, 0.2) is 11.0 Å². The molecule has 0 aliphatic rings. The molecule has 126 valence electrons. The fourth-order valence-electron chi connectivity index (χ4n) is 2.19. The van der Waals surface area contributed by atoms with Crippen molar-refractivity contribution in [1.82, 2.24) is 14.8 Å². The summed E-state index contributed by atoms with van der Waals surface area (Å²) in [4.78, 5) is 21.0. The number of nitro benzene ring substituents is 2. The number of hydrogen-bond donors (Lipinski definition) is 0. The Morgan fingerprint density at radius 1 is 1.00 bits per heavy atom. The third-order valence-electron chi connectivity index (χ3n) is 3.42. The van der Waals surface area contributed by atoms with Crippen molar-refractivity contribution in [2.45, 2.75) is 10.1 Å². The Balaban J connectivity index is 1.97. The first-order valence-corrected chi connectivity index (χ1v) is 7.84. The summed E-state index contributed by atoms with van der Waals surface area (Å²) in [6.45, 7) is 0. The van der Waals surface area contributed by atoms with Crippen molar-refractivity contribution < 1.29 is 9.85 Å². The molecule has 0 aliphatic heterocycles. The van der Waals surface area contributed by atoms with Crippen LogP contribution in [0.25, 0.3) is 11.4 Å². The second-order valence-electron chi connectivity index (χ2n) is 5.00. The Labute approximate surface area is 145 Å². The van der Waals surface area contributed by atoms with E-state index >= 15 is 0 Å². The largest absolute Gasteiger partial charge is 0.305 e. The predicted octanol–water partition coefficient (Wildman–Crippen LogP) is 3.45. The van der Waals surface area contributed by atoms with Crippen molar-refractivity contribution in [3.05, 3.63) is 68.8 Å². The lowest BCUT2D eigenvalue weighted by molar-refractivity contribution is -0.396. The molecule has 0 aliphatic carbocycles. The van der Waals surface area contributed by atoms with Crippen molar-refractivity contribution in [3.8, 4) is 11.4 Å². The second-order valence-corrected chi connectivity index (χ2v) is 6.01. The van der Waals surface area contributed by atoms with Gasteiger partial charge in [0, 0.05) is 18.7 Å². The molecule has 0 saturated heterocycles. The van der Waals surface area contributed by atoms with E-state index in [1.165, 1.54) is 12.1 Å². The average Bonchev–Trinajstić information content (AvgIpc) is 2.96. The minimum Gasteiger partial charge on any atom is -0.305 e. The molecule has 9 nitrogen and oxygen atoms in total. The van der Waals surface area contributed by atoms with Gasteiger partial charge in [0.2, 0.25) is 0 Å². The van der Waals surface area contributed by atoms with Crippen LogP contribution in [-0.4, -0.2) is 24.6 Å².